The molecule has 288 valence electrons. The van der Waals surface area contributed by atoms with E-state index < -0.39 is 0 Å². The number of hydrogen-bond acceptors (Lipinski definition) is 3. The molecule has 0 spiro atoms. The van der Waals surface area contributed by atoms with Crippen molar-refractivity contribution in [2.75, 3.05) is 0 Å². The van der Waals surface area contributed by atoms with E-state index in [0.717, 1.165) is 22.3 Å². The maximum Gasteiger partial charge on any atom is 0.164 e. The minimum atomic E-state index is 0.632. The maximum absolute atomic E-state index is 5.10. The van der Waals surface area contributed by atoms with Gasteiger partial charge in [0.25, 0.3) is 0 Å². The zero-order valence-electron chi connectivity index (χ0n) is 33.7. The topological polar surface area (TPSA) is 38.7 Å². The predicted molar refractivity (Wildman–Crippen MR) is 257 cm³/mol. The van der Waals surface area contributed by atoms with E-state index in [1.165, 1.54) is 82.7 Å². The highest BCUT2D eigenvalue weighted by Gasteiger charge is 2.29. The highest BCUT2D eigenvalue weighted by atomic mass is 15.0. The first-order valence-electron chi connectivity index (χ1n) is 21.1. The molecular weight excluding hydrogens is 751 g/mol. The van der Waals surface area contributed by atoms with Gasteiger partial charge in [0, 0.05) is 16.7 Å². The summed E-state index contributed by atoms with van der Waals surface area (Å²) in [7, 11) is 0. The van der Waals surface area contributed by atoms with E-state index in [4.69, 9.17) is 15.0 Å². The molecule has 62 heavy (non-hydrogen) atoms. The first-order valence-corrected chi connectivity index (χ1v) is 21.1. The average molecular weight is 788 g/mol. The van der Waals surface area contributed by atoms with E-state index in [2.05, 4.69) is 164 Å². The van der Waals surface area contributed by atoms with Gasteiger partial charge in [-0.3, -0.25) is 0 Å². The third-order valence-electron chi connectivity index (χ3n) is 12.3. The maximum atomic E-state index is 5.10. The Hall–Kier alpha value is -8.27. The Balaban J connectivity index is 1.07. The van der Waals surface area contributed by atoms with Gasteiger partial charge in [-0.05, 0) is 94.4 Å². The molecule has 0 unspecified atom stereocenters. The Labute approximate surface area is 360 Å². The summed E-state index contributed by atoms with van der Waals surface area (Å²) in [6.45, 7) is 0. The minimum absolute atomic E-state index is 0.632. The lowest BCUT2D eigenvalue weighted by Crippen LogP contribution is -2.00. The van der Waals surface area contributed by atoms with Crippen LogP contribution in [0, 0.1) is 0 Å². The van der Waals surface area contributed by atoms with E-state index in [1.54, 1.807) is 0 Å². The zero-order valence-corrected chi connectivity index (χ0v) is 33.7. The van der Waals surface area contributed by atoms with E-state index >= 15 is 0 Å². The van der Waals surface area contributed by atoms with E-state index in [9.17, 15) is 0 Å². The number of aromatic nitrogens is 3. The number of fused-ring (bicyclic) bond motifs is 4. The minimum Gasteiger partial charge on any atom is -0.208 e. The highest BCUT2D eigenvalue weighted by Crippen LogP contribution is 2.56. The van der Waals surface area contributed by atoms with Crippen LogP contribution in [0.25, 0.3) is 122 Å². The molecule has 0 radical (unpaired) electrons. The summed E-state index contributed by atoms with van der Waals surface area (Å²) in [5.41, 5.74) is 17.5. The van der Waals surface area contributed by atoms with Crippen molar-refractivity contribution in [3.63, 3.8) is 0 Å². The summed E-state index contributed by atoms with van der Waals surface area (Å²) in [6.07, 6.45) is 0. The van der Waals surface area contributed by atoms with Crippen LogP contribution in [-0.4, -0.2) is 15.0 Å². The standard InChI is InChI=1S/C59H37N3/c1-5-17-38(18-6-1)46-33-34-47(39-19-7-2-8-20-39)56-52-36-35-48(49-29-16-30-51(54(49)52)55(46)56)50-32-31-40-21-13-14-28-45(40)53(50)43-26-15-27-44(37-43)59-61-57(41-22-9-3-10-23-41)60-58(62-59)42-24-11-4-12-25-42/h1-37H. The summed E-state index contributed by atoms with van der Waals surface area (Å²) in [5, 5.41) is 4.91. The molecule has 10 aromatic carbocycles. The molecule has 1 heterocycles. The number of rotatable bonds is 7. The molecule has 0 saturated carbocycles. The third-order valence-corrected chi connectivity index (χ3v) is 12.3. The van der Waals surface area contributed by atoms with Crippen LogP contribution in [0.2, 0.25) is 0 Å². The molecule has 0 fully saturated rings. The van der Waals surface area contributed by atoms with Gasteiger partial charge in [0.2, 0.25) is 0 Å². The fraction of sp³-hybridized carbons (Fsp3) is 0. The fourth-order valence-electron chi connectivity index (χ4n) is 9.50. The van der Waals surface area contributed by atoms with Gasteiger partial charge in [-0.15, -0.1) is 0 Å². The van der Waals surface area contributed by atoms with Gasteiger partial charge in [-0.25, -0.2) is 15.0 Å². The van der Waals surface area contributed by atoms with Gasteiger partial charge < -0.3 is 0 Å². The first kappa shape index (κ1) is 35.7. The van der Waals surface area contributed by atoms with Gasteiger partial charge in [0.1, 0.15) is 0 Å². The van der Waals surface area contributed by atoms with Gasteiger partial charge in [-0.2, -0.15) is 0 Å². The smallest absolute Gasteiger partial charge is 0.164 e. The van der Waals surface area contributed by atoms with E-state index in [0.29, 0.717) is 17.5 Å². The summed E-state index contributed by atoms with van der Waals surface area (Å²) in [5.74, 6) is 1.92. The van der Waals surface area contributed by atoms with Crippen LogP contribution in [0.1, 0.15) is 0 Å². The highest BCUT2D eigenvalue weighted by molar-refractivity contribution is 6.24. The Kier molecular flexibility index (Phi) is 8.50. The van der Waals surface area contributed by atoms with Crippen molar-refractivity contribution in [2.45, 2.75) is 0 Å². The number of hydrogen-bond donors (Lipinski definition) is 0. The van der Waals surface area contributed by atoms with Gasteiger partial charge in [-0.1, -0.05) is 218 Å². The zero-order chi connectivity index (χ0) is 41.0. The summed E-state index contributed by atoms with van der Waals surface area (Å²) in [4.78, 5) is 15.2. The molecule has 1 aromatic heterocycles. The fourth-order valence-corrected chi connectivity index (χ4v) is 9.50. The summed E-state index contributed by atoms with van der Waals surface area (Å²) in [6, 6.07) is 80.1. The van der Waals surface area contributed by atoms with Crippen molar-refractivity contribution in [1.29, 1.82) is 0 Å². The SMILES string of the molecule is c1ccc(-c2nc(-c3ccccc3)nc(-c3cccc(-c4c(-c5ccc6c7c(cccc57)-c5c(-c7ccccc7)ccc(-c7ccccc7)c5-6)ccc5ccccc45)c3)n2)cc1. The lowest BCUT2D eigenvalue weighted by molar-refractivity contribution is 1.07. The Morgan fingerprint density at radius 1 is 0.226 bits per heavy atom. The van der Waals surface area contributed by atoms with Crippen molar-refractivity contribution in [3.05, 3.63) is 224 Å². The van der Waals surface area contributed by atoms with Crippen molar-refractivity contribution < 1.29 is 0 Å². The predicted octanol–water partition coefficient (Wildman–Crippen LogP) is 15.5. The summed E-state index contributed by atoms with van der Waals surface area (Å²) < 4.78 is 0. The quantitative estimate of drug-likeness (QED) is 0.161. The lowest BCUT2D eigenvalue weighted by Gasteiger charge is -2.17. The first-order chi connectivity index (χ1) is 30.8. The molecule has 3 heteroatoms. The van der Waals surface area contributed by atoms with E-state index in [1.807, 2.05) is 60.7 Å². The largest absolute Gasteiger partial charge is 0.208 e. The molecule has 0 saturated heterocycles. The average Bonchev–Trinajstić information content (AvgIpc) is 3.70. The Bertz CT molecular complexity index is 3360. The van der Waals surface area contributed by atoms with Crippen LogP contribution in [0.4, 0.5) is 0 Å². The molecule has 3 nitrogen and oxygen atoms in total. The van der Waals surface area contributed by atoms with Crippen LogP contribution >= 0.6 is 0 Å². The van der Waals surface area contributed by atoms with Crippen LogP contribution < -0.4 is 0 Å². The molecule has 0 aliphatic heterocycles. The molecule has 12 rings (SSSR count). The molecular formula is C59H37N3. The molecule has 0 amide bonds. The number of benzene rings is 10. The molecule has 0 N–H and O–H groups in total. The van der Waals surface area contributed by atoms with Crippen LogP contribution in [0.3, 0.4) is 0 Å². The number of nitrogens with zero attached hydrogens (tertiary/aromatic N) is 3. The Morgan fingerprint density at radius 3 is 1.26 bits per heavy atom. The van der Waals surface area contributed by atoms with Crippen molar-refractivity contribution in [3.8, 4) is 101 Å². The van der Waals surface area contributed by atoms with Crippen molar-refractivity contribution in [1.82, 2.24) is 15.0 Å². The third kappa shape index (κ3) is 5.94. The molecule has 1 aliphatic rings. The van der Waals surface area contributed by atoms with Crippen LogP contribution in [0.5, 0.6) is 0 Å². The van der Waals surface area contributed by atoms with Crippen LogP contribution in [0.15, 0.2) is 224 Å². The lowest BCUT2D eigenvalue weighted by atomic mass is 9.86. The molecule has 0 bridgehead atoms. The van der Waals surface area contributed by atoms with Gasteiger partial charge >= 0.3 is 0 Å². The van der Waals surface area contributed by atoms with Crippen molar-refractivity contribution >= 4 is 21.5 Å². The van der Waals surface area contributed by atoms with Crippen molar-refractivity contribution in [2.24, 2.45) is 0 Å². The van der Waals surface area contributed by atoms with E-state index in [-0.39, 0.29) is 0 Å². The second-order valence-corrected chi connectivity index (χ2v) is 15.9. The van der Waals surface area contributed by atoms with Gasteiger partial charge in [0.15, 0.2) is 17.5 Å². The Morgan fingerprint density at radius 2 is 0.645 bits per heavy atom. The monoisotopic (exact) mass is 787 g/mol. The molecule has 1 aliphatic carbocycles. The van der Waals surface area contributed by atoms with Crippen LogP contribution in [-0.2, 0) is 0 Å². The summed E-state index contributed by atoms with van der Waals surface area (Å²) >= 11 is 0. The molecule has 11 aromatic rings. The molecule has 0 atom stereocenters. The second-order valence-electron chi connectivity index (χ2n) is 15.9. The second kappa shape index (κ2) is 14.8. The van der Waals surface area contributed by atoms with Gasteiger partial charge in [0.05, 0.1) is 0 Å². The normalized spacial score (nSPS) is 11.5.